The lowest BCUT2D eigenvalue weighted by molar-refractivity contribution is -0.118. The van der Waals surface area contributed by atoms with E-state index in [0.29, 0.717) is 44.0 Å². The monoisotopic (exact) mass is 521 g/mol. The number of halogens is 3. The molecule has 184 valence electrons. The smallest absolute Gasteiger partial charge is 0.180 e. The first-order valence-electron chi connectivity index (χ1n) is 12.4. The lowest BCUT2D eigenvalue weighted by Gasteiger charge is -2.65. The maximum Gasteiger partial charge on any atom is 0.180 e. The van der Waals surface area contributed by atoms with Gasteiger partial charge in [0.05, 0.1) is 11.6 Å². The molecular formula is C28H34Cl3NO2. The van der Waals surface area contributed by atoms with E-state index >= 15 is 0 Å². The van der Waals surface area contributed by atoms with Crippen LogP contribution in [0.3, 0.4) is 0 Å². The zero-order chi connectivity index (χ0) is 24.1. The Morgan fingerprint density at radius 2 is 1.59 bits per heavy atom. The summed E-state index contributed by atoms with van der Waals surface area (Å²) in [6.07, 6.45) is 8.02. The van der Waals surface area contributed by atoms with Gasteiger partial charge in [-0.3, -0.25) is 0 Å². The van der Waals surface area contributed by atoms with E-state index in [0.717, 1.165) is 23.6 Å². The Kier molecular flexibility index (Phi) is 6.55. The molecule has 4 saturated carbocycles. The fraction of sp³-hybridized carbons (Fsp3) is 0.571. The molecule has 0 amide bonds. The van der Waals surface area contributed by atoms with Crippen molar-refractivity contribution in [1.29, 1.82) is 0 Å². The average Bonchev–Trinajstić information content (AvgIpc) is 2.71. The fourth-order valence-corrected chi connectivity index (χ4v) is 8.67. The lowest BCUT2D eigenvalue weighted by atomic mass is 9.43. The van der Waals surface area contributed by atoms with E-state index < -0.39 is 0 Å². The van der Waals surface area contributed by atoms with Gasteiger partial charge in [-0.25, -0.2) is 0 Å². The molecule has 2 aromatic carbocycles. The molecule has 3 nitrogen and oxygen atoms in total. The van der Waals surface area contributed by atoms with Crippen LogP contribution in [-0.2, 0) is 13.2 Å². The van der Waals surface area contributed by atoms with Crippen molar-refractivity contribution in [2.24, 2.45) is 16.7 Å². The van der Waals surface area contributed by atoms with Gasteiger partial charge in [-0.2, -0.15) is 0 Å². The van der Waals surface area contributed by atoms with Crippen LogP contribution in [0.15, 0.2) is 30.3 Å². The molecule has 2 unspecified atom stereocenters. The predicted molar refractivity (Wildman–Crippen MR) is 140 cm³/mol. The van der Waals surface area contributed by atoms with E-state index in [1.54, 1.807) is 12.1 Å². The summed E-state index contributed by atoms with van der Waals surface area (Å²) in [4.78, 5) is 0. The molecule has 4 aliphatic rings. The highest BCUT2D eigenvalue weighted by molar-refractivity contribution is 6.36. The van der Waals surface area contributed by atoms with Gasteiger partial charge in [0.2, 0.25) is 0 Å². The topological polar surface area (TPSA) is 30.5 Å². The van der Waals surface area contributed by atoms with Gasteiger partial charge in [0.25, 0.3) is 0 Å². The highest BCUT2D eigenvalue weighted by Crippen LogP contribution is 2.66. The summed E-state index contributed by atoms with van der Waals surface area (Å²) in [5.41, 5.74) is 3.04. The largest absolute Gasteiger partial charge is 0.490 e. The van der Waals surface area contributed by atoms with Gasteiger partial charge >= 0.3 is 0 Å². The summed E-state index contributed by atoms with van der Waals surface area (Å²) in [5.74, 6) is 2.03. The predicted octanol–water partition coefficient (Wildman–Crippen LogP) is 8.46. The molecule has 2 atom stereocenters. The van der Waals surface area contributed by atoms with E-state index in [2.05, 4.69) is 25.2 Å². The van der Waals surface area contributed by atoms with Gasteiger partial charge in [-0.05, 0) is 92.0 Å². The first kappa shape index (κ1) is 24.6. The second-order valence-corrected chi connectivity index (χ2v) is 12.8. The van der Waals surface area contributed by atoms with Gasteiger partial charge < -0.3 is 14.8 Å². The maximum atomic E-state index is 6.72. The van der Waals surface area contributed by atoms with Gasteiger partial charge in [-0.1, -0.05) is 54.7 Å². The van der Waals surface area contributed by atoms with Gasteiger partial charge in [-0.15, -0.1) is 0 Å². The average molecular weight is 523 g/mol. The fourth-order valence-electron chi connectivity index (χ4n) is 7.88. The zero-order valence-corrected chi connectivity index (χ0v) is 22.5. The molecule has 4 fully saturated rings. The van der Waals surface area contributed by atoms with Crippen molar-refractivity contribution in [3.8, 4) is 11.5 Å². The molecule has 0 aromatic heterocycles. The van der Waals surface area contributed by atoms with E-state index in [1.807, 2.05) is 19.1 Å². The molecule has 34 heavy (non-hydrogen) atoms. The van der Waals surface area contributed by atoms with Crippen LogP contribution in [0.5, 0.6) is 11.5 Å². The first-order valence-corrected chi connectivity index (χ1v) is 13.5. The molecule has 0 saturated heterocycles. The molecular weight excluding hydrogens is 489 g/mol. The highest BCUT2D eigenvalue weighted by atomic mass is 35.5. The summed E-state index contributed by atoms with van der Waals surface area (Å²) < 4.78 is 12.0. The van der Waals surface area contributed by atoms with Crippen LogP contribution in [0.1, 0.15) is 70.4 Å². The quantitative estimate of drug-likeness (QED) is 0.377. The summed E-state index contributed by atoms with van der Waals surface area (Å²) in [6, 6.07) is 9.47. The Morgan fingerprint density at radius 3 is 2.21 bits per heavy atom. The highest BCUT2D eigenvalue weighted by Gasteiger charge is 2.59. The molecule has 0 aliphatic heterocycles. The molecule has 0 heterocycles. The Balaban J connectivity index is 1.33. The van der Waals surface area contributed by atoms with Crippen molar-refractivity contribution >= 4 is 34.8 Å². The molecule has 0 radical (unpaired) electrons. The molecule has 2 aromatic rings. The van der Waals surface area contributed by atoms with Crippen molar-refractivity contribution < 1.29 is 9.47 Å². The minimum atomic E-state index is 0.220. The molecule has 4 aliphatic carbocycles. The molecule has 6 rings (SSSR count). The van der Waals surface area contributed by atoms with Gasteiger partial charge in [0.1, 0.15) is 6.61 Å². The maximum absolute atomic E-state index is 6.72. The van der Waals surface area contributed by atoms with E-state index in [4.69, 9.17) is 44.3 Å². The minimum absolute atomic E-state index is 0.220. The molecule has 4 bridgehead atoms. The lowest BCUT2D eigenvalue weighted by Crippen LogP contribution is -2.63. The van der Waals surface area contributed by atoms with Gasteiger partial charge in [0.15, 0.2) is 11.5 Å². The standard InChI is InChI=1S/C28H34Cl3NO2/c1-4-33-24-9-18(8-23(31)25(24)34-14-20-21(29)6-5-7-22(20)30)13-32-28-12-19-10-26(2,16-28)15-27(3,11-19)17-28/h5-9,19,32H,4,10-17H2,1-3H3. The van der Waals surface area contributed by atoms with Crippen LogP contribution in [0.25, 0.3) is 0 Å². The number of hydrogen-bond acceptors (Lipinski definition) is 3. The normalized spacial score (nSPS) is 31.6. The number of rotatable bonds is 8. The third-order valence-corrected chi connectivity index (χ3v) is 9.07. The van der Waals surface area contributed by atoms with E-state index in [1.165, 1.54) is 38.5 Å². The molecule has 0 spiro atoms. The second kappa shape index (κ2) is 9.07. The Hall–Kier alpha value is -1.13. The zero-order valence-electron chi connectivity index (χ0n) is 20.3. The Morgan fingerprint density at radius 1 is 0.912 bits per heavy atom. The van der Waals surface area contributed by atoms with Crippen molar-refractivity contribution in [2.75, 3.05) is 6.61 Å². The Labute approximate surface area is 218 Å². The van der Waals surface area contributed by atoms with Crippen molar-refractivity contribution in [2.45, 2.75) is 78.0 Å². The molecule has 6 heteroatoms. The minimum Gasteiger partial charge on any atom is -0.490 e. The molecule has 1 N–H and O–H groups in total. The number of ether oxygens (including phenoxy) is 2. The van der Waals surface area contributed by atoms with E-state index in [9.17, 15) is 0 Å². The van der Waals surface area contributed by atoms with Crippen molar-refractivity contribution in [3.63, 3.8) is 0 Å². The summed E-state index contributed by atoms with van der Waals surface area (Å²) in [5, 5.41) is 5.67. The van der Waals surface area contributed by atoms with Crippen LogP contribution in [0.2, 0.25) is 15.1 Å². The van der Waals surface area contributed by atoms with Crippen LogP contribution in [0, 0.1) is 16.7 Å². The van der Waals surface area contributed by atoms with Crippen molar-refractivity contribution in [3.05, 3.63) is 56.5 Å². The number of benzene rings is 2. The summed E-state index contributed by atoms with van der Waals surface area (Å²) in [6.45, 7) is 8.50. The Bertz CT molecular complexity index is 1050. The third kappa shape index (κ3) is 4.78. The van der Waals surface area contributed by atoms with Gasteiger partial charge in [0, 0.05) is 27.7 Å². The SMILES string of the molecule is CCOc1cc(CNC23CC4CC(C)(CC(C)(C4)C2)C3)cc(Cl)c1OCc1c(Cl)cccc1Cl. The van der Waals surface area contributed by atoms with E-state index in [-0.39, 0.29) is 12.1 Å². The summed E-state index contributed by atoms with van der Waals surface area (Å²) >= 11 is 19.3. The van der Waals surface area contributed by atoms with Crippen LogP contribution in [0.4, 0.5) is 0 Å². The summed E-state index contributed by atoms with van der Waals surface area (Å²) in [7, 11) is 0. The van der Waals surface area contributed by atoms with Crippen LogP contribution >= 0.6 is 34.8 Å². The first-order chi connectivity index (χ1) is 16.1. The number of nitrogens with one attached hydrogen (secondary N) is 1. The number of hydrogen-bond donors (Lipinski definition) is 1. The van der Waals surface area contributed by atoms with Crippen LogP contribution < -0.4 is 14.8 Å². The van der Waals surface area contributed by atoms with Crippen LogP contribution in [-0.4, -0.2) is 12.1 Å². The van der Waals surface area contributed by atoms with Crippen molar-refractivity contribution in [1.82, 2.24) is 5.32 Å². The second-order valence-electron chi connectivity index (χ2n) is 11.6. The third-order valence-electron chi connectivity index (χ3n) is 8.09.